The Labute approximate surface area is 204 Å². The van der Waals surface area contributed by atoms with Crippen molar-refractivity contribution in [1.82, 2.24) is 10.6 Å². The first-order valence-corrected chi connectivity index (χ1v) is 12.0. The Balaban J connectivity index is 1.25. The van der Waals surface area contributed by atoms with Gasteiger partial charge in [-0.05, 0) is 59.0 Å². The van der Waals surface area contributed by atoms with Crippen LogP contribution in [0.25, 0.3) is 11.1 Å². The normalized spacial score (nSPS) is 19.3. The van der Waals surface area contributed by atoms with Gasteiger partial charge in [0.2, 0.25) is 0 Å². The minimum atomic E-state index is -0.362. The van der Waals surface area contributed by atoms with Crippen LogP contribution in [-0.4, -0.2) is 43.6 Å². The van der Waals surface area contributed by atoms with Crippen LogP contribution in [0.15, 0.2) is 54.6 Å². The van der Waals surface area contributed by atoms with Crippen molar-refractivity contribution in [2.24, 2.45) is 0 Å². The van der Waals surface area contributed by atoms with E-state index in [2.05, 4.69) is 35.8 Å². The molecule has 0 aliphatic carbocycles. The Bertz CT molecular complexity index is 1170. The minimum Gasteiger partial charge on any atom is -0.487 e. The van der Waals surface area contributed by atoms with Gasteiger partial charge in [-0.25, -0.2) is 0 Å². The van der Waals surface area contributed by atoms with Crippen molar-refractivity contribution in [1.29, 1.82) is 0 Å². The van der Waals surface area contributed by atoms with Gasteiger partial charge in [0.05, 0.1) is 11.1 Å². The van der Waals surface area contributed by atoms with Crippen LogP contribution in [0.4, 0.5) is 0 Å². The number of ether oxygens (including phenoxy) is 3. The highest BCUT2D eigenvalue weighted by atomic mass is 35.5. The van der Waals surface area contributed by atoms with Gasteiger partial charge in [-0.15, -0.1) is 0 Å². The molecule has 3 aromatic carbocycles. The highest BCUT2D eigenvalue weighted by Gasteiger charge is 2.24. The van der Waals surface area contributed by atoms with Gasteiger partial charge in [0, 0.05) is 25.7 Å². The van der Waals surface area contributed by atoms with Gasteiger partial charge in [-0.3, -0.25) is 0 Å². The molecule has 7 heteroatoms. The van der Waals surface area contributed by atoms with E-state index in [0.29, 0.717) is 43.7 Å². The van der Waals surface area contributed by atoms with Crippen LogP contribution in [0, 0.1) is 6.92 Å². The first-order chi connectivity index (χ1) is 16.6. The molecular weight excluding hydrogens is 452 g/mol. The fraction of sp³-hybridized carbons (Fsp3) is 0.333. The monoisotopic (exact) mass is 480 g/mol. The predicted molar refractivity (Wildman–Crippen MR) is 133 cm³/mol. The summed E-state index contributed by atoms with van der Waals surface area (Å²) in [5.41, 5.74) is 5.51. The molecule has 0 bridgehead atoms. The van der Waals surface area contributed by atoms with Crippen LogP contribution in [-0.2, 0) is 13.2 Å². The van der Waals surface area contributed by atoms with Gasteiger partial charge >= 0.3 is 0 Å². The molecule has 34 heavy (non-hydrogen) atoms. The summed E-state index contributed by atoms with van der Waals surface area (Å²) in [6.45, 7) is 5.70. The number of halogens is 1. The Hall–Kier alpha value is -2.77. The average molecular weight is 481 g/mol. The molecule has 0 radical (unpaired) electrons. The molecule has 178 valence electrons. The van der Waals surface area contributed by atoms with Gasteiger partial charge < -0.3 is 30.0 Å². The third kappa shape index (κ3) is 5.00. The van der Waals surface area contributed by atoms with Crippen LogP contribution >= 0.6 is 11.6 Å². The molecule has 1 fully saturated rings. The van der Waals surface area contributed by atoms with E-state index >= 15 is 0 Å². The molecule has 2 atom stereocenters. The van der Waals surface area contributed by atoms with Crippen molar-refractivity contribution < 1.29 is 19.3 Å². The lowest BCUT2D eigenvalue weighted by molar-refractivity contribution is 0.162. The zero-order valence-corrected chi connectivity index (χ0v) is 19.9. The standard InChI is InChI=1S/C27H29ClN2O4/c1-17-20(3-2-4-21(17)19-6-8-26-27(12-19)33-10-9-32-26)16-34-25-7-5-18(11-22(25)28)13-30-23-14-29-15-24(23)31/h2-8,11-12,23-24,29-31H,9-10,13-16H2,1H3/t23?,24-/m1/s1. The molecular formula is C27H29ClN2O4. The third-order valence-corrected chi connectivity index (χ3v) is 6.72. The fourth-order valence-electron chi connectivity index (χ4n) is 4.41. The van der Waals surface area contributed by atoms with Gasteiger partial charge in [-0.2, -0.15) is 0 Å². The Morgan fingerprint density at radius 1 is 1.06 bits per heavy atom. The summed E-state index contributed by atoms with van der Waals surface area (Å²) in [7, 11) is 0. The van der Waals surface area contributed by atoms with E-state index in [4.69, 9.17) is 25.8 Å². The van der Waals surface area contributed by atoms with Crippen molar-refractivity contribution in [3.8, 4) is 28.4 Å². The van der Waals surface area contributed by atoms with Crippen LogP contribution in [0.5, 0.6) is 17.2 Å². The SMILES string of the molecule is Cc1c(COc2ccc(CNC3CNC[C@H]3O)cc2Cl)cccc1-c1ccc2c(c1)OCCO2. The molecule has 3 aromatic rings. The molecule has 6 nitrogen and oxygen atoms in total. The van der Waals surface area contributed by atoms with Crippen LogP contribution in [0.3, 0.4) is 0 Å². The Kier molecular flexibility index (Phi) is 6.92. The largest absolute Gasteiger partial charge is 0.487 e. The van der Waals surface area contributed by atoms with E-state index in [1.807, 2.05) is 36.4 Å². The second-order valence-corrected chi connectivity index (χ2v) is 9.12. The number of nitrogens with one attached hydrogen (secondary N) is 2. The summed E-state index contributed by atoms with van der Waals surface area (Å²) in [6, 6.07) is 18.2. The summed E-state index contributed by atoms with van der Waals surface area (Å²) in [5, 5.41) is 17.0. The molecule has 3 N–H and O–H groups in total. The van der Waals surface area contributed by atoms with E-state index in [1.165, 1.54) is 0 Å². The predicted octanol–water partition coefficient (Wildman–Crippen LogP) is 4.09. The van der Waals surface area contributed by atoms with Gasteiger partial charge in [0.25, 0.3) is 0 Å². The second kappa shape index (κ2) is 10.2. The zero-order chi connectivity index (χ0) is 23.5. The molecule has 5 rings (SSSR count). The number of aliphatic hydroxyl groups excluding tert-OH is 1. The second-order valence-electron chi connectivity index (χ2n) is 8.71. The highest BCUT2D eigenvalue weighted by molar-refractivity contribution is 6.32. The number of aliphatic hydroxyl groups is 1. The lowest BCUT2D eigenvalue weighted by atomic mass is 9.96. The van der Waals surface area contributed by atoms with E-state index in [-0.39, 0.29) is 12.1 Å². The van der Waals surface area contributed by atoms with Crippen LogP contribution < -0.4 is 24.8 Å². The molecule has 2 aliphatic rings. The minimum absolute atomic E-state index is 0.0548. The molecule has 0 spiro atoms. The fourth-order valence-corrected chi connectivity index (χ4v) is 4.67. The number of benzene rings is 3. The summed E-state index contributed by atoms with van der Waals surface area (Å²) < 4.78 is 17.5. The molecule has 0 amide bonds. The maximum Gasteiger partial charge on any atom is 0.161 e. The number of hydrogen-bond donors (Lipinski definition) is 3. The van der Waals surface area contributed by atoms with Crippen molar-refractivity contribution in [3.63, 3.8) is 0 Å². The van der Waals surface area contributed by atoms with Gasteiger partial charge in [-0.1, -0.05) is 41.9 Å². The summed E-state index contributed by atoms with van der Waals surface area (Å²) in [4.78, 5) is 0. The zero-order valence-electron chi connectivity index (χ0n) is 19.1. The first kappa shape index (κ1) is 23.0. The van der Waals surface area contributed by atoms with Crippen LogP contribution in [0.1, 0.15) is 16.7 Å². The number of β-amino-alcohol motifs (C(OH)–C–C–N with tert-alkyl or cyclic N) is 1. The lowest BCUT2D eigenvalue weighted by Gasteiger charge is -2.20. The van der Waals surface area contributed by atoms with Crippen molar-refractivity contribution in [2.45, 2.75) is 32.2 Å². The summed E-state index contributed by atoms with van der Waals surface area (Å²) in [6.07, 6.45) is -0.362. The highest BCUT2D eigenvalue weighted by Crippen LogP contribution is 2.36. The molecule has 0 saturated carbocycles. The van der Waals surface area contributed by atoms with E-state index < -0.39 is 0 Å². The smallest absolute Gasteiger partial charge is 0.161 e. The molecule has 2 heterocycles. The van der Waals surface area contributed by atoms with Gasteiger partial charge in [0.1, 0.15) is 25.6 Å². The molecule has 1 saturated heterocycles. The maximum atomic E-state index is 9.93. The summed E-state index contributed by atoms with van der Waals surface area (Å²) >= 11 is 6.51. The number of fused-ring (bicyclic) bond motifs is 1. The molecule has 0 aromatic heterocycles. The summed E-state index contributed by atoms with van der Waals surface area (Å²) in [5.74, 6) is 2.22. The Morgan fingerprint density at radius 3 is 2.71 bits per heavy atom. The maximum absolute atomic E-state index is 9.93. The molecule has 2 aliphatic heterocycles. The first-order valence-electron chi connectivity index (χ1n) is 11.6. The number of rotatable bonds is 7. The van der Waals surface area contributed by atoms with Crippen LogP contribution in [0.2, 0.25) is 5.02 Å². The quantitative estimate of drug-likeness (QED) is 0.473. The van der Waals surface area contributed by atoms with E-state index in [9.17, 15) is 5.11 Å². The van der Waals surface area contributed by atoms with Gasteiger partial charge in [0.15, 0.2) is 11.5 Å². The van der Waals surface area contributed by atoms with Crippen molar-refractivity contribution >= 4 is 11.6 Å². The molecule has 1 unspecified atom stereocenters. The van der Waals surface area contributed by atoms with E-state index in [0.717, 1.165) is 45.9 Å². The number of hydrogen-bond acceptors (Lipinski definition) is 6. The average Bonchev–Trinajstić information content (AvgIpc) is 3.27. The van der Waals surface area contributed by atoms with E-state index in [1.54, 1.807) is 0 Å². The van der Waals surface area contributed by atoms with Crippen molar-refractivity contribution in [3.05, 3.63) is 76.3 Å². The Morgan fingerprint density at radius 2 is 1.91 bits per heavy atom. The lowest BCUT2D eigenvalue weighted by Crippen LogP contribution is -2.38. The van der Waals surface area contributed by atoms with Crippen molar-refractivity contribution in [2.75, 3.05) is 26.3 Å². The topological polar surface area (TPSA) is 72.0 Å². The third-order valence-electron chi connectivity index (χ3n) is 6.43.